The second-order valence-corrected chi connectivity index (χ2v) is 7.15. The zero-order valence-electron chi connectivity index (χ0n) is 13.2. The van der Waals surface area contributed by atoms with Crippen LogP contribution in [0.2, 0.25) is 20.1 Å². The van der Waals surface area contributed by atoms with Crippen molar-refractivity contribution in [2.75, 3.05) is 5.32 Å². The van der Waals surface area contributed by atoms with Crippen LogP contribution in [0.5, 0.6) is 0 Å². The Kier molecular flexibility index (Phi) is 7.47. The van der Waals surface area contributed by atoms with E-state index in [1.54, 1.807) is 18.2 Å². The number of carbonyl (C=O) groups is 2. The standard InChI is InChI=1S/C17H10Cl4N2O3S/c18-9-3-1-8(12(20)6-9)2-4-14(24)22-17(27)23-15-11(16(25)26)5-10(19)7-13(15)21/h1-7H,(H,25,26)(H2,22,23,24,27). The molecule has 0 atom stereocenters. The molecule has 0 fully saturated rings. The summed E-state index contributed by atoms with van der Waals surface area (Å²) >= 11 is 28.7. The van der Waals surface area contributed by atoms with Gasteiger partial charge in [-0.2, -0.15) is 0 Å². The third-order valence-electron chi connectivity index (χ3n) is 3.14. The van der Waals surface area contributed by atoms with Crippen LogP contribution >= 0.6 is 58.6 Å². The van der Waals surface area contributed by atoms with Gasteiger partial charge in [-0.1, -0.05) is 52.5 Å². The van der Waals surface area contributed by atoms with Crippen molar-refractivity contribution in [3.63, 3.8) is 0 Å². The Morgan fingerprint density at radius 1 is 1.00 bits per heavy atom. The van der Waals surface area contributed by atoms with Crippen LogP contribution in [0, 0.1) is 0 Å². The molecular weight excluding hydrogens is 454 g/mol. The number of rotatable bonds is 4. The third-order valence-corrected chi connectivity index (χ3v) is 4.42. The molecule has 3 N–H and O–H groups in total. The summed E-state index contributed by atoms with van der Waals surface area (Å²) in [6.07, 6.45) is 2.69. The molecule has 2 rings (SSSR count). The minimum absolute atomic E-state index is 0.0172. The molecule has 10 heteroatoms. The van der Waals surface area contributed by atoms with Crippen molar-refractivity contribution in [3.05, 3.63) is 67.6 Å². The highest BCUT2D eigenvalue weighted by Gasteiger charge is 2.16. The lowest BCUT2D eigenvalue weighted by Crippen LogP contribution is -2.33. The molecule has 0 saturated carbocycles. The first kappa shape index (κ1) is 21.5. The number of aromatic carboxylic acids is 1. The topological polar surface area (TPSA) is 78.4 Å². The van der Waals surface area contributed by atoms with Gasteiger partial charge in [0, 0.05) is 21.1 Å². The van der Waals surface area contributed by atoms with E-state index in [1.165, 1.54) is 24.3 Å². The van der Waals surface area contributed by atoms with Crippen LogP contribution in [0.1, 0.15) is 15.9 Å². The average Bonchev–Trinajstić information content (AvgIpc) is 2.56. The summed E-state index contributed by atoms with van der Waals surface area (Å²) in [5, 5.41) is 15.1. The molecular formula is C17H10Cl4N2O3S. The number of thiocarbonyl (C=S) groups is 1. The summed E-state index contributed by atoms with van der Waals surface area (Å²) in [6.45, 7) is 0. The monoisotopic (exact) mass is 462 g/mol. The molecule has 140 valence electrons. The van der Waals surface area contributed by atoms with Crippen LogP contribution in [0.3, 0.4) is 0 Å². The van der Waals surface area contributed by atoms with E-state index in [-0.39, 0.29) is 26.4 Å². The van der Waals surface area contributed by atoms with Crippen molar-refractivity contribution in [2.45, 2.75) is 0 Å². The highest BCUT2D eigenvalue weighted by Crippen LogP contribution is 2.30. The minimum Gasteiger partial charge on any atom is -0.478 e. The van der Waals surface area contributed by atoms with Gasteiger partial charge in [-0.25, -0.2) is 4.79 Å². The zero-order valence-corrected chi connectivity index (χ0v) is 17.1. The second kappa shape index (κ2) is 9.39. The Morgan fingerprint density at radius 3 is 2.30 bits per heavy atom. The van der Waals surface area contributed by atoms with Gasteiger partial charge in [-0.3, -0.25) is 10.1 Å². The summed E-state index contributed by atoms with van der Waals surface area (Å²) in [5.74, 6) is -1.81. The number of anilines is 1. The number of carbonyl (C=O) groups excluding carboxylic acids is 1. The van der Waals surface area contributed by atoms with Crippen molar-refractivity contribution in [1.29, 1.82) is 0 Å². The van der Waals surface area contributed by atoms with E-state index in [2.05, 4.69) is 10.6 Å². The summed E-state index contributed by atoms with van der Waals surface area (Å²) in [4.78, 5) is 23.3. The molecule has 0 unspecified atom stereocenters. The van der Waals surface area contributed by atoms with Crippen LogP contribution in [0.4, 0.5) is 5.69 Å². The summed E-state index contributed by atoms with van der Waals surface area (Å²) in [6, 6.07) is 7.39. The average molecular weight is 464 g/mol. The van der Waals surface area contributed by atoms with Gasteiger partial charge in [0.2, 0.25) is 5.91 Å². The molecule has 0 aliphatic heterocycles. The fraction of sp³-hybridized carbons (Fsp3) is 0. The number of hydrogen-bond acceptors (Lipinski definition) is 3. The third kappa shape index (κ3) is 6.09. The molecule has 2 aromatic rings. The molecule has 0 heterocycles. The van der Waals surface area contributed by atoms with Gasteiger partial charge in [0.1, 0.15) is 0 Å². The van der Waals surface area contributed by atoms with E-state index in [1.807, 2.05) is 0 Å². The first-order valence-corrected chi connectivity index (χ1v) is 9.07. The lowest BCUT2D eigenvalue weighted by molar-refractivity contribution is -0.115. The van der Waals surface area contributed by atoms with Crippen molar-refractivity contribution in [3.8, 4) is 0 Å². The summed E-state index contributed by atoms with van der Waals surface area (Å²) in [7, 11) is 0. The van der Waals surface area contributed by atoms with E-state index >= 15 is 0 Å². The van der Waals surface area contributed by atoms with E-state index in [4.69, 9.17) is 58.6 Å². The van der Waals surface area contributed by atoms with E-state index in [0.29, 0.717) is 15.6 Å². The molecule has 0 radical (unpaired) electrons. The Hall–Kier alpha value is -1.83. The molecule has 5 nitrogen and oxygen atoms in total. The van der Waals surface area contributed by atoms with Gasteiger partial charge in [0.15, 0.2) is 5.11 Å². The first-order chi connectivity index (χ1) is 12.7. The lowest BCUT2D eigenvalue weighted by Gasteiger charge is -2.13. The molecule has 0 spiro atoms. The largest absolute Gasteiger partial charge is 0.478 e. The Balaban J connectivity index is 2.09. The Bertz CT molecular complexity index is 963. The summed E-state index contributed by atoms with van der Waals surface area (Å²) < 4.78 is 0. The number of carboxylic acid groups (broad SMARTS) is 1. The molecule has 0 saturated heterocycles. The number of hydrogen-bond donors (Lipinski definition) is 3. The van der Waals surface area contributed by atoms with Crippen LogP contribution in [0.25, 0.3) is 6.08 Å². The molecule has 2 aromatic carbocycles. The number of carboxylic acids is 1. The minimum atomic E-state index is -1.26. The predicted molar refractivity (Wildman–Crippen MR) is 113 cm³/mol. The fourth-order valence-electron chi connectivity index (χ4n) is 1.97. The molecule has 0 bridgehead atoms. The van der Waals surface area contributed by atoms with Crippen LogP contribution < -0.4 is 10.6 Å². The molecule has 27 heavy (non-hydrogen) atoms. The maximum absolute atomic E-state index is 12.0. The number of amides is 1. The predicted octanol–water partition coefficient (Wildman–Crippen LogP) is 5.52. The highest BCUT2D eigenvalue weighted by atomic mass is 35.5. The van der Waals surface area contributed by atoms with Gasteiger partial charge in [0.25, 0.3) is 0 Å². The molecule has 0 aliphatic rings. The SMILES string of the molecule is O=C(C=Cc1ccc(Cl)cc1Cl)NC(=S)Nc1c(Cl)cc(Cl)cc1C(=O)O. The smallest absolute Gasteiger partial charge is 0.337 e. The van der Waals surface area contributed by atoms with Gasteiger partial charge < -0.3 is 10.4 Å². The lowest BCUT2D eigenvalue weighted by atomic mass is 10.2. The normalized spacial score (nSPS) is 10.7. The molecule has 0 aromatic heterocycles. The van der Waals surface area contributed by atoms with Crippen molar-refractivity contribution < 1.29 is 14.7 Å². The van der Waals surface area contributed by atoms with Gasteiger partial charge in [-0.15, -0.1) is 0 Å². The number of nitrogens with one attached hydrogen (secondary N) is 2. The van der Waals surface area contributed by atoms with E-state index in [9.17, 15) is 14.7 Å². The quantitative estimate of drug-likeness (QED) is 0.410. The molecule has 0 aliphatic carbocycles. The van der Waals surface area contributed by atoms with Crippen LogP contribution in [0.15, 0.2) is 36.4 Å². The first-order valence-electron chi connectivity index (χ1n) is 7.15. The van der Waals surface area contributed by atoms with E-state index in [0.717, 1.165) is 0 Å². The van der Waals surface area contributed by atoms with Crippen molar-refractivity contribution >= 4 is 87.4 Å². The fourth-order valence-corrected chi connectivity index (χ4v) is 3.18. The molecule has 1 amide bonds. The van der Waals surface area contributed by atoms with Gasteiger partial charge in [0.05, 0.1) is 16.3 Å². The van der Waals surface area contributed by atoms with Crippen LogP contribution in [-0.2, 0) is 4.79 Å². The van der Waals surface area contributed by atoms with Gasteiger partial charge in [-0.05, 0) is 48.1 Å². The van der Waals surface area contributed by atoms with Crippen molar-refractivity contribution in [1.82, 2.24) is 5.32 Å². The van der Waals surface area contributed by atoms with Gasteiger partial charge >= 0.3 is 5.97 Å². The van der Waals surface area contributed by atoms with E-state index < -0.39 is 11.9 Å². The Morgan fingerprint density at radius 2 is 1.67 bits per heavy atom. The zero-order chi connectivity index (χ0) is 20.1. The maximum atomic E-state index is 12.0. The number of halogens is 4. The highest BCUT2D eigenvalue weighted by molar-refractivity contribution is 7.80. The maximum Gasteiger partial charge on any atom is 0.337 e. The van der Waals surface area contributed by atoms with Crippen molar-refractivity contribution in [2.24, 2.45) is 0 Å². The number of benzene rings is 2. The van der Waals surface area contributed by atoms with Crippen LogP contribution in [-0.4, -0.2) is 22.1 Å². The second-order valence-electron chi connectivity index (χ2n) is 5.06. The Labute approximate surface area is 179 Å². The summed E-state index contributed by atoms with van der Waals surface area (Å²) in [5.41, 5.74) is 0.417.